The fraction of sp³-hybridized carbons (Fsp3) is 0.867. The van der Waals surface area contributed by atoms with Crippen LogP contribution >= 0.6 is 0 Å². The smallest absolute Gasteiger partial charge is 0.222 e. The molecule has 0 aromatic heterocycles. The van der Waals surface area contributed by atoms with Gasteiger partial charge in [0.1, 0.15) is 0 Å². The maximum Gasteiger partial charge on any atom is 0.222 e. The first kappa shape index (κ1) is 17.0. The fourth-order valence-electron chi connectivity index (χ4n) is 2.70. The minimum Gasteiger partial charge on any atom is -0.352 e. The van der Waals surface area contributed by atoms with Gasteiger partial charge in [-0.1, -0.05) is 20.8 Å². The van der Waals surface area contributed by atoms with Gasteiger partial charge in [-0.3, -0.25) is 9.59 Å². The highest BCUT2D eigenvalue weighted by molar-refractivity contribution is 5.79. The molecule has 1 fully saturated rings. The van der Waals surface area contributed by atoms with Crippen LogP contribution in [0.1, 0.15) is 53.4 Å². The van der Waals surface area contributed by atoms with Crippen molar-refractivity contribution in [1.82, 2.24) is 10.2 Å². The van der Waals surface area contributed by atoms with Gasteiger partial charge < -0.3 is 16.0 Å². The van der Waals surface area contributed by atoms with Crippen LogP contribution in [0.2, 0.25) is 0 Å². The molecular weight excluding hydrogens is 254 g/mol. The summed E-state index contributed by atoms with van der Waals surface area (Å²) in [4.78, 5) is 25.3. The van der Waals surface area contributed by atoms with Crippen LogP contribution in [0.25, 0.3) is 0 Å². The first-order valence-electron chi connectivity index (χ1n) is 7.50. The second-order valence-corrected chi connectivity index (χ2v) is 7.14. The van der Waals surface area contributed by atoms with Gasteiger partial charge in [0.15, 0.2) is 0 Å². The molecule has 5 nitrogen and oxygen atoms in total. The molecule has 0 bridgehead atoms. The van der Waals surface area contributed by atoms with Gasteiger partial charge in [0.2, 0.25) is 11.8 Å². The molecule has 2 unspecified atom stereocenters. The fourth-order valence-corrected chi connectivity index (χ4v) is 2.70. The highest BCUT2D eigenvalue weighted by Crippen LogP contribution is 2.21. The van der Waals surface area contributed by atoms with Crippen molar-refractivity contribution in [1.29, 1.82) is 0 Å². The summed E-state index contributed by atoms with van der Waals surface area (Å²) < 4.78 is 0. The molecule has 1 heterocycles. The summed E-state index contributed by atoms with van der Waals surface area (Å²) in [5.41, 5.74) is 6.13. The van der Waals surface area contributed by atoms with E-state index in [2.05, 4.69) is 26.1 Å². The highest BCUT2D eigenvalue weighted by Gasteiger charge is 2.23. The van der Waals surface area contributed by atoms with E-state index in [9.17, 15) is 9.59 Å². The number of amides is 2. The van der Waals surface area contributed by atoms with Gasteiger partial charge in [0, 0.05) is 38.0 Å². The molecule has 1 aliphatic heterocycles. The molecule has 0 spiro atoms. The van der Waals surface area contributed by atoms with Crippen molar-refractivity contribution in [3.63, 3.8) is 0 Å². The van der Waals surface area contributed by atoms with Crippen LogP contribution in [0.3, 0.4) is 0 Å². The number of nitrogens with two attached hydrogens (primary N) is 1. The van der Waals surface area contributed by atoms with Crippen LogP contribution in [-0.4, -0.2) is 41.9 Å². The molecule has 0 aromatic carbocycles. The summed E-state index contributed by atoms with van der Waals surface area (Å²) in [5, 5.41) is 2.93. The number of hydrogen-bond acceptors (Lipinski definition) is 3. The van der Waals surface area contributed by atoms with E-state index in [1.807, 2.05) is 11.8 Å². The zero-order valence-corrected chi connectivity index (χ0v) is 13.2. The summed E-state index contributed by atoms with van der Waals surface area (Å²) >= 11 is 0. The molecule has 0 saturated carbocycles. The van der Waals surface area contributed by atoms with E-state index in [0.717, 1.165) is 19.4 Å². The molecule has 20 heavy (non-hydrogen) atoms. The average molecular weight is 283 g/mol. The zero-order chi connectivity index (χ0) is 15.3. The molecule has 1 saturated heterocycles. The number of likely N-dealkylation sites (tertiary alicyclic amines) is 1. The van der Waals surface area contributed by atoms with Crippen LogP contribution in [0.4, 0.5) is 0 Å². The average Bonchev–Trinajstić information content (AvgIpc) is 2.60. The molecule has 1 aliphatic rings. The minimum atomic E-state index is -0.115. The zero-order valence-electron chi connectivity index (χ0n) is 13.2. The topological polar surface area (TPSA) is 75.4 Å². The number of nitrogens with zero attached hydrogens (tertiary/aromatic N) is 1. The maximum atomic E-state index is 11.9. The third kappa shape index (κ3) is 6.37. The molecule has 1 rings (SSSR count). The minimum absolute atomic E-state index is 0.0219. The van der Waals surface area contributed by atoms with E-state index in [4.69, 9.17) is 5.73 Å². The Morgan fingerprint density at radius 1 is 1.45 bits per heavy atom. The standard InChI is InChI=1S/C15H29N3O2/c1-11(10-18-7-5-6-14(18)20)17-13(19)8-12(16)9-15(2,3)4/h11-12H,5-10,16H2,1-4H3,(H,17,19). The van der Waals surface area contributed by atoms with Crippen molar-refractivity contribution in [2.24, 2.45) is 11.1 Å². The molecule has 0 aliphatic carbocycles. The molecule has 0 aromatic rings. The van der Waals surface area contributed by atoms with Crippen molar-refractivity contribution in [3.05, 3.63) is 0 Å². The molecule has 0 radical (unpaired) electrons. The molecule has 2 amide bonds. The van der Waals surface area contributed by atoms with E-state index >= 15 is 0 Å². The third-order valence-electron chi connectivity index (χ3n) is 3.40. The molecule has 116 valence electrons. The Morgan fingerprint density at radius 2 is 2.10 bits per heavy atom. The van der Waals surface area contributed by atoms with E-state index in [1.165, 1.54) is 0 Å². The van der Waals surface area contributed by atoms with Crippen LogP contribution < -0.4 is 11.1 Å². The van der Waals surface area contributed by atoms with Crippen LogP contribution in [-0.2, 0) is 9.59 Å². The number of rotatable bonds is 6. The molecule has 2 atom stereocenters. The lowest BCUT2D eigenvalue weighted by Gasteiger charge is -2.24. The monoisotopic (exact) mass is 283 g/mol. The largest absolute Gasteiger partial charge is 0.352 e. The second kappa shape index (κ2) is 7.07. The number of hydrogen-bond donors (Lipinski definition) is 2. The van der Waals surface area contributed by atoms with Gasteiger partial charge in [-0.05, 0) is 25.2 Å². The van der Waals surface area contributed by atoms with Gasteiger partial charge in [-0.2, -0.15) is 0 Å². The lowest BCUT2D eigenvalue weighted by atomic mass is 9.87. The Bertz CT molecular complexity index is 350. The first-order chi connectivity index (χ1) is 9.17. The van der Waals surface area contributed by atoms with Crippen molar-refractivity contribution >= 4 is 11.8 Å². The number of nitrogens with one attached hydrogen (secondary N) is 1. The lowest BCUT2D eigenvalue weighted by Crippen LogP contribution is -2.44. The van der Waals surface area contributed by atoms with E-state index in [1.54, 1.807) is 0 Å². The van der Waals surface area contributed by atoms with Gasteiger partial charge in [0.25, 0.3) is 0 Å². The third-order valence-corrected chi connectivity index (χ3v) is 3.40. The maximum absolute atomic E-state index is 11.9. The van der Waals surface area contributed by atoms with Crippen molar-refractivity contribution < 1.29 is 9.59 Å². The molecule has 3 N–H and O–H groups in total. The Hall–Kier alpha value is -1.10. The van der Waals surface area contributed by atoms with Gasteiger partial charge in [-0.15, -0.1) is 0 Å². The highest BCUT2D eigenvalue weighted by atomic mass is 16.2. The summed E-state index contributed by atoms with van der Waals surface area (Å²) in [6, 6.07) is -0.137. The van der Waals surface area contributed by atoms with Gasteiger partial charge >= 0.3 is 0 Å². The first-order valence-corrected chi connectivity index (χ1v) is 7.50. The number of carbonyl (C=O) groups is 2. The van der Waals surface area contributed by atoms with Crippen LogP contribution in [0.5, 0.6) is 0 Å². The summed E-state index contributed by atoms with van der Waals surface area (Å²) in [5.74, 6) is 0.163. The lowest BCUT2D eigenvalue weighted by molar-refractivity contribution is -0.129. The SMILES string of the molecule is CC(CN1CCCC1=O)NC(=O)CC(N)CC(C)(C)C. The molecule has 5 heteroatoms. The van der Waals surface area contributed by atoms with Gasteiger partial charge in [-0.25, -0.2) is 0 Å². The summed E-state index contributed by atoms with van der Waals surface area (Å²) in [6.45, 7) is 9.69. The predicted molar refractivity (Wildman–Crippen MR) is 80.1 cm³/mol. The van der Waals surface area contributed by atoms with Gasteiger partial charge in [0.05, 0.1) is 0 Å². The van der Waals surface area contributed by atoms with Crippen molar-refractivity contribution in [2.45, 2.75) is 65.5 Å². The van der Waals surface area contributed by atoms with Crippen LogP contribution in [0, 0.1) is 5.41 Å². The Morgan fingerprint density at radius 3 is 2.60 bits per heavy atom. The van der Waals surface area contributed by atoms with E-state index in [0.29, 0.717) is 19.4 Å². The Kier molecular flexibility index (Phi) is 5.99. The van der Waals surface area contributed by atoms with E-state index in [-0.39, 0.29) is 29.3 Å². The summed E-state index contributed by atoms with van der Waals surface area (Å²) in [7, 11) is 0. The van der Waals surface area contributed by atoms with E-state index < -0.39 is 0 Å². The normalized spacial score (nSPS) is 19.1. The Labute approximate surface area is 122 Å². The molecular formula is C15H29N3O2. The summed E-state index contributed by atoms with van der Waals surface area (Å²) in [6.07, 6.45) is 2.72. The second-order valence-electron chi connectivity index (χ2n) is 7.14. The Balaban J connectivity index is 2.29. The quantitative estimate of drug-likeness (QED) is 0.770. The predicted octanol–water partition coefficient (Wildman–Crippen LogP) is 1.27. The number of carbonyl (C=O) groups excluding carboxylic acids is 2. The van der Waals surface area contributed by atoms with Crippen molar-refractivity contribution in [3.8, 4) is 0 Å². The van der Waals surface area contributed by atoms with Crippen molar-refractivity contribution in [2.75, 3.05) is 13.1 Å². The van der Waals surface area contributed by atoms with Crippen LogP contribution in [0.15, 0.2) is 0 Å².